The van der Waals surface area contributed by atoms with Gasteiger partial charge in [-0.15, -0.1) is 0 Å². The van der Waals surface area contributed by atoms with Crippen molar-refractivity contribution in [2.45, 2.75) is 52.4 Å². The highest BCUT2D eigenvalue weighted by molar-refractivity contribution is 6.32. The Bertz CT molecular complexity index is 3440. The second-order valence-corrected chi connectivity index (χ2v) is 19.0. The summed E-state index contributed by atoms with van der Waals surface area (Å²) in [5, 5.41) is 12.7. The number of hydrogen-bond acceptors (Lipinski definition) is 0. The molecule has 0 spiro atoms. The van der Waals surface area contributed by atoms with Gasteiger partial charge in [0.1, 0.15) is 0 Å². The fourth-order valence-corrected chi connectivity index (χ4v) is 9.79. The zero-order chi connectivity index (χ0) is 41.6. The minimum atomic E-state index is 0.0966. The lowest BCUT2D eigenvalue weighted by molar-refractivity contribution is 0.590. The van der Waals surface area contributed by atoms with Gasteiger partial charge in [-0.2, -0.15) is 0 Å². The lowest BCUT2D eigenvalue weighted by Crippen LogP contribution is -2.10. The maximum absolute atomic E-state index is 2.44. The number of aromatic nitrogens is 1. The molecule has 0 radical (unpaired) electrons. The maximum Gasteiger partial charge on any atom is 0.0541 e. The van der Waals surface area contributed by atoms with Crippen molar-refractivity contribution in [3.63, 3.8) is 0 Å². The lowest BCUT2D eigenvalue weighted by atomic mass is 9.84. The lowest BCUT2D eigenvalue weighted by Gasteiger charge is -2.20. The second kappa shape index (κ2) is 13.8. The van der Waals surface area contributed by atoms with Gasteiger partial charge in [-0.1, -0.05) is 187 Å². The Morgan fingerprint density at radius 3 is 1.30 bits per heavy atom. The Morgan fingerprint density at radius 2 is 0.754 bits per heavy atom. The van der Waals surface area contributed by atoms with Crippen LogP contribution in [-0.2, 0) is 10.8 Å². The molecule has 0 aliphatic heterocycles. The molecule has 1 heterocycles. The van der Waals surface area contributed by atoms with Crippen LogP contribution in [-0.4, -0.2) is 4.57 Å². The molecule has 0 N–H and O–H groups in total. The number of fused-ring (bicyclic) bond motifs is 10. The molecule has 0 aliphatic carbocycles. The third kappa shape index (κ3) is 6.14. The van der Waals surface area contributed by atoms with Crippen LogP contribution >= 0.6 is 0 Å². The zero-order valence-electron chi connectivity index (χ0n) is 35.8. The van der Waals surface area contributed by atoms with Gasteiger partial charge in [0.05, 0.1) is 11.0 Å². The van der Waals surface area contributed by atoms with E-state index in [-0.39, 0.29) is 10.8 Å². The molecule has 0 saturated carbocycles. The molecule has 0 atom stereocenters. The molecule has 61 heavy (non-hydrogen) atoms. The van der Waals surface area contributed by atoms with Crippen molar-refractivity contribution in [2.24, 2.45) is 0 Å². The summed E-state index contributed by atoms with van der Waals surface area (Å²) in [5.74, 6) is 0. The predicted octanol–water partition coefficient (Wildman–Crippen LogP) is 17.0. The summed E-state index contributed by atoms with van der Waals surface area (Å²) in [6.07, 6.45) is 0. The summed E-state index contributed by atoms with van der Waals surface area (Å²) in [6, 6.07) is 70.8. The summed E-state index contributed by atoms with van der Waals surface area (Å²) >= 11 is 0. The first kappa shape index (κ1) is 37.1. The minimum absolute atomic E-state index is 0.0966. The second-order valence-electron chi connectivity index (χ2n) is 19.0. The van der Waals surface area contributed by atoms with Gasteiger partial charge in [0.2, 0.25) is 0 Å². The Balaban J connectivity index is 1.17. The standard InChI is InChI=1S/C60H49N/c1-59(2,3)44-27-19-38(20-28-44)41-25-33-48-52(35-41)53-36-42(39-21-29-45(30-22-39)60(4,5)6)26-34-51(53)58-54(48)37-43-13-7-8-14-47(43)57(58)40-23-31-46(32-24-40)61-55-17-11-9-15-49(55)50-16-10-12-18-56(50)61/h7-37H,1-6H3. The summed E-state index contributed by atoms with van der Waals surface area (Å²) in [7, 11) is 0. The number of benzene rings is 10. The van der Waals surface area contributed by atoms with E-state index in [2.05, 4.69) is 234 Å². The smallest absolute Gasteiger partial charge is 0.0541 e. The average molecular weight is 784 g/mol. The van der Waals surface area contributed by atoms with E-state index in [1.807, 2.05) is 0 Å². The first-order valence-corrected chi connectivity index (χ1v) is 21.7. The fraction of sp³-hybridized carbons (Fsp3) is 0.133. The van der Waals surface area contributed by atoms with Crippen molar-refractivity contribution in [1.82, 2.24) is 4.57 Å². The van der Waals surface area contributed by atoms with Crippen LogP contribution in [0, 0.1) is 0 Å². The normalized spacial score (nSPS) is 12.4. The van der Waals surface area contributed by atoms with E-state index in [9.17, 15) is 0 Å². The summed E-state index contributed by atoms with van der Waals surface area (Å²) in [5.41, 5.74) is 13.9. The van der Waals surface area contributed by atoms with Gasteiger partial charge < -0.3 is 4.57 Å². The van der Waals surface area contributed by atoms with Crippen LogP contribution in [0.15, 0.2) is 188 Å². The van der Waals surface area contributed by atoms with Gasteiger partial charge in [-0.05, 0) is 141 Å². The largest absolute Gasteiger partial charge is 0.309 e. The first-order chi connectivity index (χ1) is 29.5. The Labute approximate surface area is 358 Å². The van der Waals surface area contributed by atoms with Gasteiger partial charge >= 0.3 is 0 Å². The summed E-state index contributed by atoms with van der Waals surface area (Å²) in [4.78, 5) is 0. The molecule has 10 aromatic carbocycles. The molecule has 1 nitrogen and oxygen atoms in total. The number of hydrogen-bond donors (Lipinski definition) is 0. The first-order valence-electron chi connectivity index (χ1n) is 21.7. The molecule has 0 amide bonds. The number of para-hydroxylation sites is 2. The Morgan fingerprint density at radius 1 is 0.311 bits per heavy atom. The van der Waals surface area contributed by atoms with Crippen molar-refractivity contribution >= 4 is 64.9 Å². The van der Waals surface area contributed by atoms with E-state index >= 15 is 0 Å². The van der Waals surface area contributed by atoms with Crippen LogP contribution in [0.3, 0.4) is 0 Å². The molecule has 11 rings (SSSR count). The highest BCUT2D eigenvalue weighted by Gasteiger charge is 2.20. The van der Waals surface area contributed by atoms with Crippen molar-refractivity contribution in [2.75, 3.05) is 0 Å². The van der Waals surface area contributed by atoms with Gasteiger partial charge in [0, 0.05) is 16.5 Å². The summed E-state index contributed by atoms with van der Waals surface area (Å²) < 4.78 is 2.41. The Kier molecular flexibility index (Phi) is 8.38. The van der Waals surface area contributed by atoms with Gasteiger partial charge in [0.25, 0.3) is 0 Å². The molecule has 0 unspecified atom stereocenters. The monoisotopic (exact) mass is 783 g/mol. The van der Waals surface area contributed by atoms with Crippen LogP contribution in [0.4, 0.5) is 0 Å². The van der Waals surface area contributed by atoms with Gasteiger partial charge in [0.15, 0.2) is 0 Å². The highest BCUT2D eigenvalue weighted by Crippen LogP contribution is 2.46. The van der Waals surface area contributed by atoms with Crippen molar-refractivity contribution in [3.8, 4) is 39.1 Å². The van der Waals surface area contributed by atoms with Crippen LogP contribution in [0.2, 0.25) is 0 Å². The predicted molar refractivity (Wildman–Crippen MR) is 265 cm³/mol. The van der Waals surface area contributed by atoms with E-state index in [1.54, 1.807) is 0 Å². The van der Waals surface area contributed by atoms with E-state index in [4.69, 9.17) is 0 Å². The maximum atomic E-state index is 2.44. The van der Waals surface area contributed by atoms with Crippen molar-refractivity contribution in [1.29, 1.82) is 0 Å². The number of nitrogens with zero attached hydrogens (tertiary/aromatic N) is 1. The minimum Gasteiger partial charge on any atom is -0.309 e. The molecule has 0 fully saturated rings. The molecule has 0 saturated heterocycles. The van der Waals surface area contributed by atoms with Crippen LogP contribution < -0.4 is 0 Å². The van der Waals surface area contributed by atoms with E-state index in [1.165, 1.54) is 109 Å². The Hall–Kier alpha value is -6.96. The summed E-state index contributed by atoms with van der Waals surface area (Å²) in [6.45, 7) is 13.7. The van der Waals surface area contributed by atoms with E-state index in [0.29, 0.717) is 0 Å². The molecular weight excluding hydrogens is 735 g/mol. The number of rotatable bonds is 4. The van der Waals surface area contributed by atoms with Crippen LogP contribution in [0.25, 0.3) is 104 Å². The van der Waals surface area contributed by atoms with Crippen LogP contribution in [0.5, 0.6) is 0 Å². The topological polar surface area (TPSA) is 4.93 Å². The molecule has 1 heteroatoms. The highest BCUT2D eigenvalue weighted by atomic mass is 15.0. The van der Waals surface area contributed by atoms with Gasteiger partial charge in [-0.25, -0.2) is 0 Å². The quantitative estimate of drug-likeness (QED) is 0.124. The van der Waals surface area contributed by atoms with Crippen molar-refractivity contribution in [3.05, 3.63) is 199 Å². The fourth-order valence-electron chi connectivity index (χ4n) is 9.79. The SMILES string of the molecule is CC(C)(C)c1ccc(-c2ccc3c(c2)c2cc(-c4ccc(C(C)(C)C)cc4)ccc2c2c(-c4ccc(-n5c6ccccc6c6ccccc65)cc4)c4ccccc4cc32)cc1. The molecule has 294 valence electrons. The van der Waals surface area contributed by atoms with E-state index < -0.39 is 0 Å². The third-order valence-corrected chi connectivity index (χ3v) is 13.1. The molecule has 0 bridgehead atoms. The molecule has 1 aromatic heterocycles. The van der Waals surface area contributed by atoms with Crippen LogP contribution in [0.1, 0.15) is 52.7 Å². The average Bonchev–Trinajstić information content (AvgIpc) is 3.62. The third-order valence-electron chi connectivity index (χ3n) is 13.1. The van der Waals surface area contributed by atoms with E-state index in [0.717, 1.165) is 5.69 Å². The zero-order valence-corrected chi connectivity index (χ0v) is 35.8. The van der Waals surface area contributed by atoms with Crippen molar-refractivity contribution < 1.29 is 0 Å². The molecule has 0 aliphatic rings. The molecule has 11 aromatic rings. The van der Waals surface area contributed by atoms with Gasteiger partial charge in [-0.3, -0.25) is 0 Å². The molecular formula is C60H49N.